The third-order valence-electron chi connectivity index (χ3n) is 5.37. The fraction of sp³-hybridized carbons (Fsp3) is 0.381. The number of amides is 1. The van der Waals surface area contributed by atoms with Gasteiger partial charge < -0.3 is 19.7 Å². The number of nitrogens with one attached hydrogen (secondary N) is 1. The lowest BCUT2D eigenvalue weighted by Crippen LogP contribution is -2.39. The van der Waals surface area contributed by atoms with E-state index in [9.17, 15) is 13.6 Å². The fourth-order valence-electron chi connectivity index (χ4n) is 3.98. The highest BCUT2D eigenvalue weighted by molar-refractivity contribution is 5.69. The first-order chi connectivity index (χ1) is 13.6. The van der Waals surface area contributed by atoms with Crippen LogP contribution in [0.5, 0.6) is 5.75 Å². The quantitative estimate of drug-likeness (QED) is 0.854. The summed E-state index contributed by atoms with van der Waals surface area (Å²) in [6, 6.07) is 13.2. The Bertz CT molecular complexity index is 834. The van der Waals surface area contributed by atoms with Crippen molar-refractivity contribution in [2.75, 3.05) is 19.7 Å². The molecule has 1 amide bonds. The summed E-state index contributed by atoms with van der Waals surface area (Å²) in [5.41, 5.74) is 0.939. The predicted octanol–water partition coefficient (Wildman–Crippen LogP) is 3.34. The topological polar surface area (TPSA) is 50.8 Å². The van der Waals surface area contributed by atoms with Gasteiger partial charge in [0.25, 0.3) is 0 Å². The maximum Gasteiger partial charge on any atom is 0.410 e. The van der Waals surface area contributed by atoms with Crippen molar-refractivity contribution in [3.8, 4) is 5.75 Å². The summed E-state index contributed by atoms with van der Waals surface area (Å²) in [6.45, 7) is 1.86. The molecule has 1 N–H and O–H groups in total. The first-order valence-corrected chi connectivity index (χ1v) is 9.40. The molecule has 2 saturated heterocycles. The number of carbonyl (C=O) groups is 1. The number of ether oxygens (including phenoxy) is 2. The number of carbonyl (C=O) groups excluding carboxylic acids is 1. The summed E-state index contributed by atoms with van der Waals surface area (Å²) in [7, 11) is 0. The van der Waals surface area contributed by atoms with Crippen LogP contribution in [0.15, 0.2) is 48.5 Å². The second kappa shape index (κ2) is 8.14. The maximum absolute atomic E-state index is 13.4. The van der Waals surface area contributed by atoms with Crippen LogP contribution in [-0.2, 0) is 11.3 Å². The summed E-state index contributed by atoms with van der Waals surface area (Å²) >= 11 is 0. The van der Waals surface area contributed by atoms with Gasteiger partial charge in [-0.2, -0.15) is 0 Å². The lowest BCUT2D eigenvalue weighted by Gasteiger charge is -2.22. The van der Waals surface area contributed by atoms with Crippen molar-refractivity contribution >= 4 is 6.09 Å². The molecule has 0 bridgehead atoms. The van der Waals surface area contributed by atoms with Crippen LogP contribution < -0.4 is 10.1 Å². The average molecular weight is 388 g/mol. The molecule has 2 fully saturated rings. The number of likely N-dealkylation sites (tertiary alicyclic amines) is 1. The molecule has 2 aromatic rings. The van der Waals surface area contributed by atoms with Crippen LogP contribution in [0.2, 0.25) is 0 Å². The zero-order chi connectivity index (χ0) is 19.5. The zero-order valence-corrected chi connectivity index (χ0v) is 15.3. The molecule has 0 aromatic heterocycles. The Balaban J connectivity index is 1.36. The van der Waals surface area contributed by atoms with Gasteiger partial charge in [0.05, 0.1) is 12.6 Å². The summed E-state index contributed by atoms with van der Waals surface area (Å²) in [5, 5.41) is 3.42. The van der Waals surface area contributed by atoms with Gasteiger partial charge in [0.2, 0.25) is 0 Å². The van der Waals surface area contributed by atoms with Crippen molar-refractivity contribution in [2.45, 2.75) is 25.1 Å². The summed E-state index contributed by atoms with van der Waals surface area (Å²) < 4.78 is 37.6. The molecule has 7 heteroatoms. The van der Waals surface area contributed by atoms with Gasteiger partial charge in [0, 0.05) is 24.6 Å². The highest BCUT2D eigenvalue weighted by Gasteiger charge is 2.47. The van der Waals surface area contributed by atoms with E-state index >= 15 is 0 Å². The third-order valence-corrected chi connectivity index (χ3v) is 5.37. The summed E-state index contributed by atoms with van der Waals surface area (Å²) in [6.07, 6.45) is 0.519. The molecule has 28 heavy (non-hydrogen) atoms. The van der Waals surface area contributed by atoms with Crippen LogP contribution in [0, 0.1) is 17.6 Å². The molecule has 2 heterocycles. The molecule has 0 saturated carbocycles. The third kappa shape index (κ3) is 3.94. The second-order valence-corrected chi connectivity index (χ2v) is 7.18. The van der Waals surface area contributed by atoms with Crippen LogP contribution in [0.4, 0.5) is 13.6 Å². The molecule has 4 rings (SSSR count). The van der Waals surface area contributed by atoms with Crippen molar-refractivity contribution < 1.29 is 23.0 Å². The minimum absolute atomic E-state index is 0.0462. The Morgan fingerprint density at radius 2 is 1.96 bits per heavy atom. The molecule has 0 aliphatic carbocycles. The number of hydrogen-bond acceptors (Lipinski definition) is 4. The molecule has 2 aliphatic rings. The van der Waals surface area contributed by atoms with E-state index in [-0.39, 0.29) is 36.5 Å². The van der Waals surface area contributed by atoms with Gasteiger partial charge in [0.15, 0.2) is 11.6 Å². The lowest BCUT2D eigenvalue weighted by molar-refractivity contribution is 0.0908. The molecule has 148 valence electrons. The van der Waals surface area contributed by atoms with Crippen LogP contribution in [0.25, 0.3) is 0 Å². The van der Waals surface area contributed by atoms with E-state index in [1.807, 2.05) is 30.3 Å². The number of hydrogen-bond donors (Lipinski definition) is 1. The van der Waals surface area contributed by atoms with Gasteiger partial charge in [-0.3, -0.25) is 0 Å². The van der Waals surface area contributed by atoms with Crippen LogP contribution in [0.1, 0.15) is 12.0 Å². The van der Waals surface area contributed by atoms with Gasteiger partial charge in [-0.15, -0.1) is 0 Å². The van der Waals surface area contributed by atoms with Crippen molar-refractivity contribution in [3.63, 3.8) is 0 Å². The minimum Gasteiger partial charge on any atom is -0.493 e. The maximum atomic E-state index is 13.4. The van der Waals surface area contributed by atoms with Crippen molar-refractivity contribution in [1.82, 2.24) is 10.2 Å². The van der Waals surface area contributed by atoms with Gasteiger partial charge >= 0.3 is 6.09 Å². The molecule has 2 aliphatic heterocycles. The van der Waals surface area contributed by atoms with Gasteiger partial charge in [-0.05, 0) is 30.7 Å². The van der Waals surface area contributed by atoms with Crippen LogP contribution >= 0.6 is 0 Å². The van der Waals surface area contributed by atoms with Crippen LogP contribution in [-0.4, -0.2) is 42.8 Å². The predicted molar refractivity (Wildman–Crippen MR) is 98.9 cm³/mol. The summed E-state index contributed by atoms with van der Waals surface area (Å²) in [5.74, 6) is -1.52. The van der Waals surface area contributed by atoms with E-state index in [1.54, 1.807) is 4.90 Å². The smallest absolute Gasteiger partial charge is 0.410 e. The normalized spacial score (nSPS) is 23.5. The molecular formula is C21H22F2N2O3. The van der Waals surface area contributed by atoms with Gasteiger partial charge in [-0.25, -0.2) is 13.6 Å². The number of benzene rings is 2. The van der Waals surface area contributed by atoms with E-state index in [4.69, 9.17) is 9.47 Å². The van der Waals surface area contributed by atoms with E-state index < -0.39 is 11.6 Å². The Labute approximate surface area is 162 Å². The fourth-order valence-corrected chi connectivity index (χ4v) is 3.98. The molecule has 0 spiro atoms. The van der Waals surface area contributed by atoms with E-state index in [0.717, 1.165) is 30.7 Å². The lowest BCUT2D eigenvalue weighted by atomic mass is 10.0. The molecule has 2 aromatic carbocycles. The van der Waals surface area contributed by atoms with Crippen molar-refractivity contribution in [3.05, 3.63) is 65.7 Å². The Morgan fingerprint density at radius 3 is 2.75 bits per heavy atom. The van der Waals surface area contributed by atoms with Crippen molar-refractivity contribution in [1.29, 1.82) is 0 Å². The highest BCUT2D eigenvalue weighted by Crippen LogP contribution is 2.31. The number of fused-ring (bicyclic) bond motifs is 1. The molecule has 0 unspecified atom stereocenters. The average Bonchev–Trinajstić information content (AvgIpc) is 3.31. The largest absolute Gasteiger partial charge is 0.493 e. The van der Waals surface area contributed by atoms with Crippen molar-refractivity contribution in [2.24, 2.45) is 5.92 Å². The Hall–Kier alpha value is -2.67. The standard InChI is InChI=1S/C21H22F2N2O3/c22-17-7-6-16(10-18(17)23)27-13-15-11-25(19-8-9-24-20(15)19)21(26)28-12-14-4-2-1-3-5-14/h1-7,10,15,19-20,24H,8-9,11-13H2/t15-,19-,20-/m1/s1. The number of halogens is 2. The first kappa shape index (κ1) is 18.7. The van der Waals surface area contributed by atoms with Gasteiger partial charge in [0.1, 0.15) is 12.4 Å². The molecule has 3 atom stereocenters. The second-order valence-electron chi connectivity index (χ2n) is 7.18. The first-order valence-electron chi connectivity index (χ1n) is 9.40. The van der Waals surface area contributed by atoms with Crippen LogP contribution in [0.3, 0.4) is 0 Å². The zero-order valence-electron chi connectivity index (χ0n) is 15.3. The molecule has 0 radical (unpaired) electrons. The molecular weight excluding hydrogens is 366 g/mol. The Kier molecular flexibility index (Phi) is 5.43. The molecule has 5 nitrogen and oxygen atoms in total. The Morgan fingerprint density at radius 1 is 1.14 bits per heavy atom. The number of nitrogens with zero attached hydrogens (tertiary/aromatic N) is 1. The van der Waals surface area contributed by atoms with E-state index in [2.05, 4.69) is 5.32 Å². The SMILES string of the molecule is O=C(OCc1ccccc1)N1C[C@H](COc2ccc(F)c(F)c2)[C@H]2NCC[C@H]21. The monoisotopic (exact) mass is 388 g/mol. The summed E-state index contributed by atoms with van der Waals surface area (Å²) in [4.78, 5) is 14.4. The highest BCUT2D eigenvalue weighted by atomic mass is 19.2. The minimum atomic E-state index is -0.938. The van der Waals surface area contributed by atoms with Gasteiger partial charge in [-0.1, -0.05) is 30.3 Å². The van der Waals surface area contributed by atoms with E-state index in [0.29, 0.717) is 13.2 Å². The van der Waals surface area contributed by atoms with E-state index in [1.165, 1.54) is 6.07 Å². The number of rotatable bonds is 5.